The number of hydrogen-bond donors (Lipinski definition) is 2. The average Bonchev–Trinajstić information content (AvgIpc) is 2.70. The zero-order valence-electron chi connectivity index (χ0n) is 9.40. The van der Waals surface area contributed by atoms with E-state index in [4.69, 9.17) is 9.84 Å². The molecule has 1 heterocycles. The van der Waals surface area contributed by atoms with Gasteiger partial charge in [-0.2, -0.15) is 5.10 Å². The highest BCUT2D eigenvalue weighted by Crippen LogP contribution is 2.05. The number of aromatic nitrogens is 2. The van der Waals surface area contributed by atoms with Crippen LogP contribution in [0.4, 0.5) is 10.1 Å². The average molecular weight is 231 g/mol. The Morgan fingerprint density at radius 1 is 1.62 bits per heavy atom. The molecule has 0 amide bonds. The standard InChI is InChI=1S/C10H18FN3O2/c1-9(11)6-12-10-7-13-14(8-10)2-4-16-5-3-15/h7-9,12,15H,2-6H2,1H3. The van der Waals surface area contributed by atoms with Crippen molar-refractivity contribution in [1.82, 2.24) is 9.78 Å². The first-order chi connectivity index (χ1) is 7.72. The van der Waals surface area contributed by atoms with Gasteiger partial charge in [0.15, 0.2) is 0 Å². The van der Waals surface area contributed by atoms with E-state index < -0.39 is 6.17 Å². The van der Waals surface area contributed by atoms with Crippen LogP contribution in [0.3, 0.4) is 0 Å². The van der Waals surface area contributed by atoms with E-state index >= 15 is 0 Å². The van der Waals surface area contributed by atoms with Crippen molar-refractivity contribution in [2.75, 3.05) is 31.7 Å². The minimum absolute atomic E-state index is 0.0281. The SMILES string of the molecule is CC(F)CNc1cnn(CCOCCO)c1. The summed E-state index contributed by atoms with van der Waals surface area (Å²) >= 11 is 0. The van der Waals surface area contributed by atoms with Crippen molar-refractivity contribution in [2.24, 2.45) is 0 Å². The fourth-order valence-electron chi connectivity index (χ4n) is 1.16. The van der Waals surface area contributed by atoms with Crippen molar-refractivity contribution in [2.45, 2.75) is 19.6 Å². The van der Waals surface area contributed by atoms with Gasteiger partial charge < -0.3 is 15.2 Å². The minimum atomic E-state index is -0.878. The third-order valence-corrected chi connectivity index (χ3v) is 1.92. The Balaban J connectivity index is 2.22. The lowest BCUT2D eigenvalue weighted by Gasteiger charge is -2.03. The quantitative estimate of drug-likeness (QED) is 0.645. The summed E-state index contributed by atoms with van der Waals surface area (Å²) in [7, 11) is 0. The molecule has 5 nitrogen and oxygen atoms in total. The van der Waals surface area contributed by atoms with E-state index in [0.717, 1.165) is 5.69 Å². The topological polar surface area (TPSA) is 59.3 Å². The molecule has 0 aliphatic carbocycles. The van der Waals surface area contributed by atoms with E-state index in [-0.39, 0.29) is 13.2 Å². The normalized spacial score (nSPS) is 12.7. The van der Waals surface area contributed by atoms with Gasteiger partial charge in [-0.3, -0.25) is 4.68 Å². The molecule has 0 spiro atoms. The van der Waals surface area contributed by atoms with E-state index in [1.165, 1.54) is 6.92 Å². The number of nitrogens with one attached hydrogen (secondary N) is 1. The molecule has 0 aliphatic heterocycles. The molecule has 0 saturated heterocycles. The highest BCUT2D eigenvalue weighted by molar-refractivity contribution is 5.38. The summed E-state index contributed by atoms with van der Waals surface area (Å²) in [4.78, 5) is 0. The van der Waals surface area contributed by atoms with Gasteiger partial charge in [0, 0.05) is 12.7 Å². The maximum atomic E-state index is 12.5. The number of halogens is 1. The highest BCUT2D eigenvalue weighted by atomic mass is 19.1. The lowest BCUT2D eigenvalue weighted by Crippen LogP contribution is -2.11. The summed E-state index contributed by atoms with van der Waals surface area (Å²) in [5.41, 5.74) is 0.798. The Morgan fingerprint density at radius 2 is 2.44 bits per heavy atom. The number of anilines is 1. The van der Waals surface area contributed by atoms with Crippen LogP contribution in [0.15, 0.2) is 12.4 Å². The molecule has 0 bridgehead atoms. The van der Waals surface area contributed by atoms with Crippen LogP contribution in [-0.4, -0.2) is 47.4 Å². The van der Waals surface area contributed by atoms with Gasteiger partial charge in [0.25, 0.3) is 0 Å². The first-order valence-electron chi connectivity index (χ1n) is 5.31. The molecule has 0 saturated carbocycles. The second-order valence-corrected chi connectivity index (χ2v) is 3.49. The van der Waals surface area contributed by atoms with Crippen molar-refractivity contribution in [1.29, 1.82) is 0 Å². The van der Waals surface area contributed by atoms with Gasteiger partial charge in [0.2, 0.25) is 0 Å². The highest BCUT2D eigenvalue weighted by Gasteiger charge is 2.00. The predicted octanol–water partition coefficient (Wildman–Crippen LogP) is 0.662. The maximum absolute atomic E-state index is 12.5. The first kappa shape index (κ1) is 12.9. The summed E-state index contributed by atoms with van der Waals surface area (Å²) in [5, 5.41) is 15.5. The molecule has 1 rings (SSSR count). The van der Waals surface area contributed by atoms with E-state index in [1.54, 1.807) is 17.1 Å². The van der Waals surface area contributed by atoms with Crippen molar-refractivity contribution in [3.63, 3.8) is 0 Å². The molecule has 0 radical (unpaired) electrons. The number of alkyl halides is 1. The zero-order chi connectivity index (χ0) is 11.8. The van der Waals surface area contributed by atoms with Gasteiger partial charge >= 0.3 is 0 Å². The Morgan fingerprint density at radius 3 is 3.12 bits per heavy atom. The summed E-state index contributed by atoms with van der Waals surface area (Å²) in [5.74, 6) is 0. The molecule has 1 aromatic heterocycles. The van der Waals surface area contributed by atoms with Gasteiger partial charge in [-0.05, 0) is 6.92 Å². The molecule has 0 aliphatic rings. The molecule has 92 valence electrons. The van der Waals surface area contributed by atoms with Gasteiger partial charge in [0.05, 0.1) is 38.2 Å². The van der Waals surface area contributed by atoms with Crippen LogP contribution in [0.5, 0.6) is 0 Å². The fraction of sp³-hybridized carbons (Fsp3) is 0.700. The van der Waals surface area contributed by atoms with Crippen LogP contribution < -0.4 is 5.32 Å². The second-order valence-electron chi connectivity index (χ2n) is 3.49. The van der Waals surface area contributed by atoms with Gasteiger partial charge in [-0.1, -0.05) is 0 Å². The molecular formula is C10H18FN3O2. The van der Waals surface area contributed by atoms with Crippen molar-refractivity contribution >= 4 is 5.69 Å². The number of rotatable bonds is 8. The van der Waals surface area contributed by atoms with Gasteiger partial charge in [-0.15, -0.1) is 0 Å². The summed E-state index contributed by atoms with van der Waals surface area (Å²) in [6.45, 7) is 3.27. The molecule has 1 unspecified atom stereocenters. The summed E-state index contributed by atoms with van der Waals surface area (Å²) < 4.78 is 19.4. The smallest absolute Gasteiger partial charge is 0.114 e. The van der Waals surface area contributed by atoms with Crippen LogP contribution in [0.1, 0.15) is 6.92 Å². The molecule has 16 heavy (non-hydrogen) atoms. The van der Waals surface area contributed by atoms with E-state index in [2.05, 4.69) is 10.4 Å². The Bertz CT molecular complexity index is 291. The lowest BCUT2D eigenvalue weighted by atomic mass is 10.4. The molecule has 0 fully saturated rings. The van der Waals surface area contributed by atoms with Gasteiger partial charge in [-0.25, -0.2) is 4.39 Å². The number of ether oxygens (including phenoxy) is 1. The molecule has 1 aromatic rings. The Hall–Kier alpha value is -1.14. The molecule has 1 atom stereocenters. The molecule has 2 N–H and O–H groups in total. The van der Waals surface area contributed by atoms with E-state index in [0.29, 0.717) is 19.8 Å². The van der Waals surface area contributed by atoms with Crippen LogP contribution in [-0.2, 0) is 11.3 Å². The van der Waals surface area contributed by atoms with Crippen LogP contribution >= 0.6 is 0 Å². The monoisotopic (exact) mass is 231 g/mol. The number of nitrogens with zero attached hydrogens (tertiary/aromatic N) is 2. The summed E-state index contributed by atoms with van der Waals surface area (Å²) in [6.07, 6.45) is 2.57. The zero-order valence-corrected chi connectivity index (χ0v) is 9.40. The molecular weight excluding hydrogens is 213 g/mol. The lowest BCUT2D eigenvalue weighted by molar-refractivity contribution is 0.0854. The maximum Gasteiger partial charge on any atom is 0.114 e. The summed E-state index contributed by atoms with van der Waals surface area (Å²) in [6, 6.07) is 0. The largest absolute Gasteiger partial charge is 0.394 e. The number of hydrogen-bond acceptors (Lipinski definition) is 4. The van der Waals surface area contributed by atoms with Crippen LogP contribution in [0.25, 0.3) is 0 Å². The van der Waals surface area contributed by atoms with Crippen molar-refractivity contribution in [3.8, 4) is 0 Å². The van der Waals surface area contributed by atoms with Crippen molar-refractivity contribution in [3.05, 3.63) is 12.4 Å². The number of aliphatic hydroxyl groups is 1. The minimum Gasteiger partial charge on any atom is -0.394 e. The van der Waals surface area contributed by atoms with E-state index in [1.807, 2.05) is 0 Å². The third kappa shape index (κ3) is 5.09. The second kappa shape index (κ2) is 7.19. The third-order valence-electron chi connectivity index (χ3n) is 1.92. The molecule has 6 heteroatoms. The van der Waals surface area contributed by atoms with Crippen LogP contribution in [0.2, 0.25) is 0 Å². The fourth-order valence-corrected chi connectivity index (χ4v) is 1.16. The first-order valence-corrected chi connectivity index (χ1v) is 5.31. The van der Waals surface area contributed by atoms with E-state index in [9.17, 15) is 4.39 Å². The van der Waals surface area contributed by atoms with Crippen LogP contribution in [0, 0.1) is 0 Å². The van der Waals surface area contributed by atoms with Gasteiger partial charge in [0.1, 0.15) is 6.17 Å². The van der Waals surface area contributed by atoms with Crippen molar-refractivity contribution < 1.29 is 14.2 Å². The Labute approximate surface area is 94.2 Å². The Kier molecular flexibility index (Phi) is 5.81. The molecule has 0 aromatic carbocycles. The number of aliphatic hydroxyl groups excluding tert-OH is 1. The predicted molar refractivity (Wildman–Crippen MR) is 59.2 cm³/mol.